The molecule has 0 bridgehead atoms. The molecule has 142 valence electrons. The second-order valence-electron chi connectivity index (χ2n) is 6.36. The number of halogens is 1. The largest absolute Gasteiger partial charge is 0.443 e. The van der Waals surface area contributed by atoms with Crippen molar-refractivity contribution in [2.75, 3.05) is 20.1 Å². The molecule has 1 fully saturated rings. The summed E-state index contributed by atoms with van der Waals surface area (Å²) in [6, 6.07) is 14.7. The van der Waals surface area contributed by atoms with Gasteiger partial charge < -0.3 is 14.6 Å². The molecule has 3 heterocycles. The maximum Gasteiger partial charge on any atom is 0.236 e. The summed E-state index contributed by atoms with van der Waals surface area (Å²) in [5, 5.41) is 5.44. The Balaban J connectivity index is 0.00000210. The first-order chi connectivity index (χ1) is 12.8. The van der Waals surface area contributed by atoms with Crippen molar-refractivity contribution < 1.29 is 4.42 Å². The minimum absolute atomic E-state index is 0. The van der Waals surface area contributed by atoms with Crippen LogP contribution in [0.3, 0.4) is 0 Å². The van der Waals surface area contributed by atoms with E-state index in [1.54, 1.807) is 17.6 Å². The predicted octanol–water partition coefficient (Wildman–Crippen LogP) is 4.59. The van der Waals surface area contributed by atoms with Crippen molar-refractivity contribution in [2.45, 2.75) is 18.9 Å². The molecule has 1 aromatic carbocycles. The molecule has 0 spiro atoms. The molecule has 0 aliphatic carbocycles. The maximum atomic E-state index is 5.58. The molecule has 0 amide bonds. The Kier molecular flexibility index (Phi) is 6.89. The van der Waals surface area contributed by atoms with Crippen molar-refractivity contribution in [3.8, 4) is 10.8 Å². The quantitative estimate of drug-likeness (QED) is 0.328. The van der Waals surface area contributed by atoms with Gasteiger partial charge in [0.15, 0.2) is 5.96 Å². The van der Waals surface area contributed by atoms with Gasteiger partial charge in [0.2, 0.25) is 5.89 Å². The molecule has 1 aliphatic rings. The average Bonchev–Trinajstić information content (AvgIpc) is 3.44. The zero-order valence-corrected chi connectivity index (χ0v) is 18.3. The number of aromatic nitrogens is 1. The van der Waals surface area contributed by atoms with Gasteiger partial charge in [-0.25, -0.2) is 4.98 Å². The molecule has 1 aliphatic heterocycles. The summed E-state index contributed by atoms with van der Waals surface area (Å²) in [6.45, 7) is 2.61. The number of oxazole rings is 1. The molecule has 2 aromatic heterocycles. The fraction of sp³-hybridized carbons (Fsp3) is 0.300. The topological polar surface area (TPSA) is 53.7 Å². The number of hydrogen-bond donors (Lipinski definition) is 1. The van der Waals surface area contributed by atoms with Crippen molar-refractivity contribution in [3.63, 3.8) is 0 Å². The van der Waals surface area contributed by atoms with E-state index in [-0.39, 0.29) is 24.0 Å². The third kappa shape index (κ3) is 4.70. The molecular formula is C20H23IN4OS. The first-order valence-corrected chi connectivity index (χ1v) is 9.70. The van der Waals surface area contributed by atoms with E-state index in [2.05, 4.69) is 50.5 Å². The maximum absolute atomic E-state index is 5.58. The number of rotatable bonds is 4. The second-order valence-corrected chi connectivity index (χ2v) is 7.31. The predicted molar refractivity (Wildman–Crippen MR) is 121 cm³/mol. The van der Waals surface area contributed by atoms with E-state index in [1.165, 1.54) is 5.56 Å². The molecule has 3 aromatic rings. The number of likely N-dealkylation sites (tertiary alicyclic amines) is 1. The molecule has 1 atom stereocenters. The highest BCUT2D eigenvalue weighted by atomic mass is 127. The van der Waals surface area contributed by atoms with Crippen molar-refractivity contribution >= 4 is 41.3 Å². The van der Waals surface area contributed by atoms with Crippen molar-refractivity contribution in [3.05, 3.63) is 65.4 Å². The lowest BCUT2D eigenvalue weighted by Crippen LogP contribution is -2.39. The van der Waals surface area contributed by atoms with E-state index in [1.807, 2.05) is 24.6 Å². The summed E-state index contributed by atoms with van der Waals surface area (Å²) >= 11 is 1.63. The Hall–Kier alpha value is -1.87. The molecule has 5 nitrogen and oxygen atoms in total. The number of guanidine groups is 1. The molecular weight excluding hydrogens is 471 g/mol. The van der Waals surface area contributed by atoms with Gasteiger partial charge in [-0.2, -0.15) is 0 Å². The van der Waals surface area contributed by atoms with Crippen LogP contribution in [0.1, 0.15) is 23.6 Å². The molecule has 7 heteroatoms. The highest BCUT2D eigenvalue weighted by Crippen LogP contribution is 2.27. The van der Waals surface area contributed by atoms with Gasteiger partial charge >= 0.3 is 0 Å². The van der Waals surface area contributed by atoms with Crippen LogP contribution in [0, 0.1) is 0 Å². The minimum atomic E-state index is 0. The van der Waals surface area contributed by atoms with Crippen LogP contribution in [0.25, 0.3) is 10.8 Å². The van der Waals surface area contributed by atoms with Crippen LogP contribution in [-0.4, -0.2) is 36.0 Å². The number of aliphatic imine (C=N–C) groups is 1. The Labute approximate surface area is 180 Å². The first kappa shape index (κ1) is 19.9. The number of nitrogens with zero attached hydrogens (tertiary/aromatic N) is 3. The fourth-order valence-electron chi connectivity index (χ4n) is 3.35. The normalized spacial score (nSPS) is 17.0. The second kappa shape index (κ2) is 9.36. The van der Waals surface area contributed by atoms with E-state index in [0.717, 1.165) is 36.0 Å². The molecule has 1 N–H and O–H groups in total. The summed E-state index contributed by atoms with van der Waals surface area (Å²) in [7, 11) is 1.83. The zero-order valence-electron chi connectivity index (χ0n) is 15.2. The molecule has 1 saturated heterocycles. The lowest BCUT2D eigenvalue weighted by atomic mass is 9.99. The SMILES string of the molecule is CN=C(NCc1coc(-c2cccs2)n1)N1CCC(c2ccccc2)C1.I. The lowest BCUT2D eigenvalue weighted by Gasteiger charge is -2.21. The van der Waals surface area contributed by atoms with Crippen molar-refractivity contribution in [1.29, 1.82) is 0 Å². The summed E-state index contributed by atoms with van der Waals surface area (Å²) in [6.07, 6.45) is 2.86. The smallest absolute Gasteiger partial charge is 0.236 e. The standard InChI is InChI=1S/C20H22N4OS.HI/c1-21-20(24-10-9-16(13-24)15-6-3-2-4-7-15)22-12-17-14-25-19(23-17)18-8-5-11-26-18;/h2-8,11,14,16H,9-10,12-13H2,1H3,(H,21,22);1H. The van der Waals surface area contributed by atoms with Gasteiger partial charge in [-0.15, -0.1) is 35.3 Å². The lowest BCUT2D eigenvalue weighted by molar-refractivity contribution is 0.485. The molecule has 0 saturated carbocycles. The van der Waals surface area contributed by atoms with Crippen LogP contribution in [0.5, 0.6) is 0 Å². The van der Waals surface area contributed by atoms with Gasteiger partial charge in [0.1, 0.15) is 6.26 Å². The van der Waals surface area contributed by atoms with Crippen LogP contribution >= 0.6 is 35.3 Å². The highest BCUT2D eigenvalue weighted by molar-refractivity contribution is 14.0. The first-order valence-electron chi connectivity index (χ1n) is 8.82. The van der Waals surface area contributed by atoms with E-state index in [0.29, 0.717) is 18.4 Å². The molecule has 0 radical (unpaired) electrons. The van der Waals surface area contributed by atoms with Crippen LogP contribution in [0.2, 0.25) is 0 Å². The van der Waals surface area contributed by atoms with Gasteiger partial charge in [0.25, 0.3) is 0 Å². The van der Waals surface area contributed by atoms with Gasteiger partial charge in [0, 0.05) is 26.1 Å². The number of nitrogens with one attached hydrogen (secondary N) is 1. The van der Waals surface area contributed by atoms with Gasteiger partial charge in [-0.05, 0) is 23.4 Å². The van der Waals surface area contributed by atoms with Crippen LogP contribution in [0.15, 0.2) is 63.5 Å². The van der Waals surface area contributed by atoms with E-state index >= 15 is 0 Å². The fourth-order valence-corrected chi connectivity index (χ4v) is 4.01. The third-order valence-corrected chi connectivity index (χ3v) is 5.54. The summed E-state index contributed by atoms with van der Waals surface area (Å²) in [5.41, 5.74) is 2.29. The van der Waals surface area contributed by atoms with Gasteiger partial charge in [-0.1, -0.05) is 36.4 Å². The number of benzene rings is 1. The number of thiophene rings is 1. The van der Waals surface area contributed by atoms with Crippen molar-refractivity contribution in [2.24, 2.45) is 4.99 Å². The Morgan fingerprint density at radius 3 is 2.89 bits per heavy atom. The third-order valence-electron chi connectivity index (χ3n) is 4.68. The van der Waals surface area contributed by atoms with E-state index < -0.39 is 0 Å². The minimum Gasteiger partial charge on any atom is -0.443 e. The summed E-state index contributed by atoms with van der Waals surface area (Å²) < 4.78 is 5.58. The molecule has 4 rings (SSSR count). The van der Waals surface area contributed by atoms with Crippen LogP contribution in [-0.2, 0) is 6.54 Å². The van der Waals surface area contributed by atoms with E-state index in [4.69, 9.17) is 4.42 Å². The Morgan fingerprint density at radius 2 is 2.15 bits per heavy atom. The highest BCUT2D eigenvalue weighted by Gasteiger charge is 2.25. The Bertz CT molecular complexity index is 863. The summed E-state index contributed by atoms with van der Waals surface area (Å²) in [5.74, 6) is 2.16. The summed E-state index contributed by atoms with van der Waals surface area (Å²) in [4.78, 5) is 12.4. The Morgan fingerprint density at radius 1 is 1.30 bits per heavy atom. The van der Waals surface area contributed by atoms with Crippen LogP contribution in [0.4, 0.5) is 0 Å². The van der Waals surface area contributed by atoms with Gasteiger partial charge in [-0.3, -0.25) is 4.99 Å². The van der Waals surface area contributed by atoms with Crippen LogP contribution < -0.4 is 5.32 Å². The van der Waals surface area contributed by atoms with Gasteiger partial charge in [0.05, 0.1) is 17.1 Å². The monoisotopic (exact) mass is 494 g/mol. The molecule has 1 unspecified atom stereocenters. The average molecular weight is 494 g/mol. The van der Waals surface area contributed by atoms with Crippen molar-refractivity contribution in [1.82, 2.24) is 15.2 Å². The molecule has 27 heavy (non-hydrogen) atoms. The van der Waals surface area contributed by atoms with E-state index in [9.17, 15) is 0 Å². The number of hydrogen-bond acceptors (Lipinski definition) is 4. The zero-order chi connectivity index (χ0) is 17.8.